The third kappa shape index (κ3) is 9.33. The van der Waals surface area contributed by atoms with Crippen LogP contribution in [0.3, 0.4) is 0 Å². The summed E-state index contributed by atoms with van der Waals surface area (Å²) in [4.78, 5) is 41.4. The standard InChI is InChI=1S/C36H48N2O7/c1-23(2)17-26-22-38-16-15-25-19-31(42-6)32(43-7)20-27(25)29(38)21-30(26)44-34(40)14-13-33(39)37-28(35(41)45-36(3,4)5)18-24-11-9-8-10-12-24/h8-14,19-20,23,26,28-30H,15-18,21-22H2,1-7H3,(H,37,39)/b14-13-/t26-,28+,29-,30-/m1/s1. The zero-order valence-corrected chi connectivity index (χ0v) is 27.6. The Labute approximate surface area is 267 Å². The second kappa shape index (κ2) is 15.0. The van der Waals surface area contributed by atoms with Crippen LogP contribution in [-0.4, -0.2) is 67.8 Å². The van der Waals surface area contributed by atoms with E-state index in [1.165, 1.54) is 11.1 Å². The first-order valence-corrected chi connectivity index (χ1v) is 15.8. The molecule has 1 amide bonds. The van der Waals surface area contributed by atoms with E-state index in [4.69, 9.17) is 18.9 Å². The molecular formula is C36H48N2O7. The number of nitrogens with zero attached hydrogens (tertiary/aromatic N) is 1. The van der Waals surface area contributed by atoms with Crippen LogP contribution in [0.1, 0.15) is 70.2 Å². The largest absolute Gasteiger partial charge is 0.493 e. The molecule has 0 unspecified atom stereocenters. The summed E-state index contributed by atoms with van der Waals surface area (Å²) in [5.41, 5.74) is 2.55. The van der Waals surface area contributed by atoms with E-state index >= 15 is 0 Å². The minimum atomic E-state index is -0.915. The Bertz CT molecular complexity index is 1370. The number of rotatable bonds is 11. The number of esters is 2. The average molecular weight is 621 g/mol. The summed E-state index contributed by atoms with van der Waals surface area (Å²) in [7, 11) is 3.27. The van der Waals surface area contributed by atoms with Gasteiger partial charge in [0.05, 0.1) is 14.2 Å². The second-order valence-corrected chi connectivity index (χ2v) is 13.4. The van der Waals surface area contributed by atoms with Gasteiger partial charge in [-0.15, -0.1) is 0 Å². The van der Waals surface area contributed by atoms with Gasteiger partial charge in [0.1, 0.15) is 17.7 Å². The summed E-state index contributed by atoms with van der Waals surface area (Å²) < 4.78 is 22.7. The van der Waals surface area contributed by atoms with E-state index < -0.39 is 29.5 Å². The van der Waals surface area contributed by atoms with Crippen molar-refractivity contribution in [3.8, 4) is 11.5 Å². The van der Waals surface area contributed by atoms with Gasteiger partial charge in [0.2, 0.25) is 5.91 Å². The number of carbonyl (C=O) groups is 3. The van der Waals surface area contributed by atoms with Crippen LogP contribution < -0.4 is 14.8 Å². The molecule has 45 heavy (non-hydrogen) atoms. The number of carbonyl (C=O) groups excluding carboxylic acids is 3. The number of amides is 1. The fourth-order valence-electron chi connectivity index (χ4n) is 6.35. The van der Waals surface area contributed by atoms with Gasteiger partial charge in [-0.25, -0.2) is 9.59 Å². The van der Waals surface area contributed by atoms with Crippen LogP contribution in [0.5, 0.6) is 11.5 Å². The molecule has 0 bridgehead atoms. The van der Waals surface area contributed by atoms with Crippen LogP contribution in [0.15, 0.2) is 54.6 Å². The zero-order valence-electron chi connectivity index (χ0n) is 27.6. The van der Waals surface area contributed by atoms with E-state index in [0.717, 1.165) is 43.6 Å². The predicted molar refractivity (Wildman–Crippen MR) is 172 cm³/mol. The van der Waals surface area contributed by atoms with Crippen molar-refractivity contribution in [1.82, 2.24) is 10.2 Å². The number of benzene rings is 2. The topological polar surface area (TPSA) is 103 Å². The highest BCUT2D eigenvalue weighted by Crippen LogP contribution is 2.44. The smallest absolute Gasteiger partial charge is 0.331 e. The molecule has 0 spiro atoms. The number of fused-ring (bicyclic) bond motifs is 3. The quantitative estimate of drug-likeness (QED) is 0.270. The molecule has 0 aliphatic carbocycles. The van der Waals surface area contributed by atoms with Crippen molar-refractivity contribution >= 4 is 17.8 Å². The van der Waals surface area contributed by atoms with Crippen molar-refractivity contribution in [2.24, 2.45) is 11.8 Å². The number of piperidine rings is 1. The molecule has 2 aliphatic heterocycles. The minimum absolute atomic E-state index is 0.0784. The normalized spacial score (nSPS) is 20.6. The lowest BCUT2D eigenvalue weighted by atomic mass is 9.79. The zero-order chi connectivity index (χ0) is 32.7. The number of hydrogen-bond donors (Lipinski definition) is 1. The maximum atomic E-state index is 13.1. The van der Waals surface area contributed by atoms with Crippen LogP contribution >= 0.6 is 0 Å². The van der Waals surface area contributed by atoms with E-state index in [1.807, 2.05) is 36.4 Å². The van der Waals surface area contributed by atoms with Crippen LogP contribution in [0, 0.1) is 11.8 Å². The van der Waals surface area contributed by atoms with Gasteiger partial charge in [0.25, 0.3) is 0 Å². The molecule has 2 aromatic carbocycles. The number of ether oxygens (including phenoxy) is 4. The van der Waals surface area contributed by atoms with Crippen LogP contribution in [0.2, 0.25) is 0 Å². The third-order valence-electron chi connectivity index (χ3n) is 8.27. The average Bonchev–Trinajstić information content (AvgIpc) is 2.98. The van der Waals surface area contributed by atoms with Crippen molar-refractivity contribution < 1.29 is 33.3 Å². The summed E-state index contributed by atoms with van der Waals surface area (Å²) in [6, 6.07) is 12.7. The molecule has 1 saturated heterocycles. The van der Waals surface area contributed by atoms with Gasteiger partial charge < -0.3 is 24.3 Å². The molecular weight excluding hydrogens is 572 g/mol. The first kappa shape index (κ1) is 34.0. The maximum absolute atomic E-state index is 13.1. The van der Waals surface area contributed by atoms with Crippen molar-refractivity contribution in [1.29, 1.82) is 0 Å². The Morgan fingerprint density at radius 2 is 1.71 bits per heavy atom. The molecule has 1 fully saturated rings. The van der Waals surface area contributed by atoms with Gasteiger partial charge in [0.15, 0.2) is 11.5 Å². The molecule has 0 saturated carbocycles. The molecule has 9 nitrogen and oxygen atoms in total. The SMILES string of the molecule is COc1cc2c(cc1OC)[C@H]1C[C@@H](OC(=O)/C=C\C(=O)N[C@@H](Cc3ccccc3)C(=O)OC(C)(C)C)[C@H](CC(C)C)CN1CC2. The fourth-order valence-corrected chi connectivity index (χ4v) is 6.35. The third-order valence-corrected chi connectivity index (χ3v) is 8.27. The molecule has 9 heteroatoms. The first-order valence-electron chi connectivity index (χ1n) is 15.8. The van der Waals surface area contributed by atoms with Gasteiger partial charge in [-0.05, 0) is 68.4 Å². The van der Waals surface area contributed by atoms with Gasteiger partial charge in [-0.3, -0.25) is 9.69 Å². The summed E-state index contributed by atoms with van der Waals surface area (Å²) >= 11 is 0. The monoisotopic (exact) mass is 620 g/mol. The molecule has 4 rings (SSSR count). The molecule has 244 valence electrons. The number of methoxy groups -OCH3 is 2. The first-order chi connectivity index (χ1) is 21.4. The Morgan fingerprint density at radius 1 is 1.02 bits per heavy atom. The van der Waals surface area contributed by atoms with Crippen molar-refractivity contribution in [2.45, 2.75) is 84.1 Å². The van der Waals surface area contributed by atoms with Gasteiger partial charge in [-0.2, -0.15) is 0 Å². The van der Waals surface area contributed by atoms with Crippen molar-refractivity contribution in [3.05, 3.63) is 71.3 Å². The Hall–Kier alpha value is -3.85. The van der Waals surface area contributed by atoms with Crippen molar-refractivity contribution in [2.75, 3.05) is 27.3 Å². The highest BCUT2D eigenvalue weighted by molar-refractivity contribution is 5.96. The van der Waals surface area contributed by atoms with Crippen LogP contribution in [-0.2, 0) is 36.7 Å². The van der Waals surface area contributed by atoms with E-state index in [-0.39, 0.29) is 24.5 Å². The minimum Gasteiger partial charge on any atom is -0.493 e. The highest BCUT2D eigenvalue weighted by atomic mass is 16.6. The molecule has 1 N–H and O–H groups in total. The molecule has 4 atom stereocenters. The van der Waals surface area contributed by atoms with E-state index in [2.05, 4.69) is 30.1 Å². The lowest BCUT2D eigenvalue weighted by molar-refractivity contribution is -0.158. The lowest BCUT2D eigenvalue weighted by Gasteiger charge is -2.47. The molecule has 2 heterocycles. The molecule has 0 aromatic heterocycles. The molecule has 0 radical (unpaired) electrons. The molecule has 2 aromatic rings. The second-order valence-electron chi connectivity index (χ2n) is 13.4. The van der Waals surface area contributed by atoms with E-state index in [9.17, 15) is 14.4 Å². The number of nitrogens with one attached hydrogen (secondary N) is 1. The summed E-state index contributed by atoms with van der Waals surface area (Å²) in [6.45, 7) is 11.4. The van der Waals surface area contributed by atoms with Crippen molar-refractivity contribution in [3.63, 3.8) is 0 Å². The predicted octanol–water partition coefficient (Wildman–Crippen LogP) is 5.21. The Morgan fingerprint density at radius 3 is 2.36 bits per heavy atom. The maximum Gasteiger partial charge on any atom is 0.331 e. The lowest BCUT2D eigenvalue weighted by Crippen LogP contribution is -2.49. The fraction of sp³-hybridized carbons (Fsp3) is 0.528. The van der Waals surface area contributed by atoms with E-state index in [1.54, 1.807) is 35.0 Å². The Balaban J connectivity index is 1.46. The van der Waals surface area contributed by atoms with Gasteiger partial charge >= 0.3 is 11.9 Å². The van der Waals surface area contributed by atoms with Crippen LogP contribution in [0.25, 0.3) is 0 Å². The number of hydrogen-bond acceptors (Lipinski definition) is 8. The van der Waals surface area contributed by atoms with E-state index in [0.29, 0.717) is 23.8 Å². The summed E-state index contributed by atoms with van der Waals surface area (Å²) in [5.74, 6) is 0.290. The Kier molecular flexibility index (Phi) is 11.3. The molecule has 2 aliphatic rings. The summed E-state index contributed by atoms with van der Waals surface area (Å²) in [6.07, 6.45) is 4.69. The van der Waals surface area contributed by atoms with Gasteiger partial charge in [0, 0.05) is 50.0 Å². The van der Waals surface area contributed by atoms with Gasteiger partial charge in [-0.1, -0.05) is 44.2 Å². The summed E-state index contributed by atoms with van der Waals surface area (Å²) in [5, 5.41) is 2.71. The highest BCUT2D eigenvalue weighted by Gasteiger charge is 2.41. The van der Waals surface area contributed by atoms with Crippen LogP contribution in [0.4, 0.5) is 0 Å².